The van der Waals surface area contributed by atoms with Crippen LogP contribution in [0.3, 0.4) is 0 Å². The van der Waals surface area contributed by atoms with Crippen LogP contribution in [0.4, 0.5) is 0 Å². The molecule has 14 heavy (non-hydrogen) atoms. The van der Waals surface area contributed by atoms with Gasteiger partial charge in [-0.05, 0) is 30.7 Å². The van der Waals surface area contributed by atoms with Crippen molar-refractivity contribution in [3.8, 4) is 5.69 Å². The predicted octanol–water partition coefficient (Wildman–Crippen LogP) is 1.99. The first-order chi connectivity index (χ1) is 6.81. The second kappa shape index (κ2) is 3.46. The van der Waals surface area contributed by atoms with E-state index in [1.165, 1.54) is 0 Å². The number of hydrogen-bond acceptors (Lipinski definition) is 2. The maximum atomic E-state index is 10.7. The van der Waals surface area contributed by atoms with Gasteiger partial charge in [0.05, 0.1) is 11.9 Å². The zero-order chi connectivity index (χ0) is 9.97. The van der Waals surface area contributed by atoms with Crippen molar-refractivity contribution in [2.45, 2.75) is 6.92 Å². The molecule has 2 aromatic rings. The topological polar surface area (TPSA) is 34.9 Å². The molecule has 1 heterocycles. The van der Waals surface area contributed by atoms with Crippen molar-refractivity contribution in [1.29, 1.82) is 0 Å². The molecular weight excluding hydrogens is 176 g/mol. The first-order valence-corrected chi connectivity index (χ1v) is 4.37. The summed E-state index contributed by atoms with van der Waals surface area (Å²) >= 11 is 0. The molecule has 0 aliphatic carbocycles. The fourth-order valence-corrected chi connectivity index (χ4v) is 1.38. The van der Waals surface area contributed by atoms with Crippen molar-refractivity contribution in [2.24, 2.45) is 0 Å². The monoisotopic (exact) mass is 186 g/mol. The molecule has 0 unspecified atom stereocenters. The van der Waals surface area contributed by atoms with Crippen molar-refractivity contribution in [3.63, 3.8) is 0 Å². The number of rotatable bonds is 2. The second-order valence-electron chi connectivity index (χ2n) is 3.12. The maximum absolute atomic E-state index is 10.7. The number of aromatic nitrogens is 2. The summed E-state index contributed by atoms with van der Waals surface area (Å²) in [6.07, 6.45) is 2.42. The van der Waals surface area contributed by atoms with E-state index in [0.29, 0.717) is 5.69 Å². The highest BCUT2D eigenvalue weighted by Gasteiger charge is 2.02. The van der Waals surface area contributed by atoms with Crippen molar-refractivity contribution in [2.75, 3.05) is 0 Å². The Morgan fingerprint density at radius 2 is 2.21 bits per heavy atom. The molecule has 0 aliphatic rings. The summed E-state index contributed by atoms with van der Waals surface area (Å²) in [6.45, 7) is 2.01. The van der Waals surface area contributed by atoms with Crippen LogP contribution in [0.5, 0.6) is 0 Å². The van der Waals surface area contributed by atoms with Gasteiger partial charge in [0.15, 0.2) is 6.29 Å². The highest BCUT2D eigenvalue weighted by molar-refractivity contribution is 5.73. The van der Waals surface area contributed by atoms with Crippen molar-refractivity contribution in [3.05, 3.63) is 47.8 Å². The SMILES string of the molecule is Cc1cccc(-n2nccc2C=O)c1. The van der Waals surface area contributed by atoms with Gasteiger partial charge < -0.3 is 0 Å². The Bertz CT molecular complexity index is 460. The van der Waals surface area contributed by atoms with Gasteiger partial charge in [0.25, 0.3) is 0 Å². The molecule has 1 aromatic carbocycles. The highest BCUT2D eigenvalue weighted by Crippen LogP contribution is 2.10. The van der Waals surface area contributed by atoms with Crippen LogP contribution < -0.4 is 0 Å². The van der Waals surface area contributed by atoms with Crippen molar-refractivity contribution in [1.82, 2.24) is 9.78 Å². The van der Waals surface area contributed by atoms with E-state index < -0.39 is 0 Å². The average Bonchev–Trinajstić information content (AvgIpc) is 2.65. The Hall–Kier alpha value is -1.90. The van der Waals surface area contributed by atoms with Crippen LogP contribution in [0.1, 0.15) is 16.1 Å². The molecular formula is C11H10N2O. The van der Waals surface area contributed by atoms with Gasteiger partial charge in [0.1, 0.15) is 5.69 Å². The third kappa shape index (κ3) is 1.44. The largest absolute Gasteiger partial charge is 0.296 e. The normalized spacial score (nSPS) is 10.1. The maximum Gasteiger partial charge on any atom is 0.168 e. The van der Waals surface area contributed by atoms with E-state index in [9.17, 15) is 4.79 Å². The zero-order valence-corrected chi connectivity index (χ0v) is 7.84. The third-order valence-electron chi connectivity index (χ3n) is 2.04. The lowest BCUT2D eigenvalue weighted by atomic mass is 10.2. The molecule has 0 radical (unpaired) electrons. The molecule has 0 bridgehead atoms. The van der Waals surface area contributed by atoms with Crippen LogP contribution >= 0.6 is 0 Å². The average molecular weight is 186 g/mol. The Morgan fingerprint density at radius 3 is 2.93 bits per heavy atom. The first kappa shape index (κ1) is 8.69. The highest BCUT2D eigenvalue weighted by atomic mass is 16.1. The van der Waals surface area contributed by atoms with Gasteiger partial charge in [-0.25, -0.2) is 4.68 Å². The molecule has 1 aromatic heterocycles. The minimum atomic E-state index is 0.565. The van der Waals surface area contributed by atoms with E-state index in [0.717, 1.165) is 17.5 Å². The molecule has 0 saturated carbocycles. The number of benzene rings is 1. The van der Waals surface area contributed by atoms with Crippen LogP contribution in [0.15, 0.2) is 36.5 Å². The van der Waals surface area contributed by atoms with Gasteiger partial charge in [-0.15, -0.1) is 0 Å². The summed E-state index contributed by atoms with van der Waals surface area (Å²) in [5.74, 6) is 0. The van der Waals surface area contributed by atoms with Crippen LogP contribution in [0.2, 0.25) is 0 Å². The van der Waals surface area contributed by atoms with E-state index in [2.05, 4.69) is 5.10 Å². The van der Waals surface area contributed by atoms with Gasteiger partial charge in [0.2, 0.25) is 0 Å². The van der Waals surface area contributed by atoms with Crippen LogP contribution in [0, 0.1) is 6.92 Å². The fourth-order valence-electron chi connectivity index (χ4n) is 1.38. The van der Waals surface area contributed by atoms with Crippen molar-refractivity contribution >= 4 is 6.29 Å². The molecule has 0 atom stereocenters. The van der Waals surface area contributed by atoms with E-state index in [-0.39, 0.29) is 0 Å². The van der Waals surface area contributed by atoms with Gasteiger partial charge in [-0.3, -0.25) is 4.79 Å². The number of carbonyl (C=O) groups is 1. The number of aldehydes is 1. The molecule has 2 rings (SSSR count). The summed E-state index contributed by atoms with van der Waals surface area (Å²) in [5, 5.41) is 4.08. The van der Waals surface area contributed by atoms with E-state index in [4.69, 9.17) is 0 Å². The predicted molar refractivity (Wildman–Crippen MR) is 53.7 cm³/mol. The number of hydrogen-bond donors (Lipinski definition) is 0. The molecule has 70 valence electrons. The smallest absolute Gasteiger partial charge is 0.168 e. The lowest BCUT2D eigenvalue weighted by molar-refractivity contribution is 0.111. The summed E-state index contributed by atoms with van der Waals surface area (Å²) in [7, 11) is 0. The lowest BCUT2D eigenvalue weighted by Crippen LogP contribution is -2.00. The molecule has 3 nitrogen and oxygen atoms in total. The number of carbonyl (C=O) groups excluding carboxylic acids is 1. The summed E-state index contributed by atoms with van der Waals surface area (Å²) in [6, 6.07) is 9.55. The number of aryl methyl sites for hydroxylation is 1. The Morgan fingerprint density at radius 1 is 1.36 bits per heavy atom. The molecule has 0 amide bonds. The first-order valence-electron chi connectivity index (χ1n) is 4.37. The third-order valence-corrected chi connectivity index (χ3v) is 2.04. The molecule has 0 spiro atoms. The Kier molecular flexibility index (Phi) is 2.14. The minimum Gasteiger partial charge on any atom is -0.296 e. The molecule has 0 N–H and O–H groups in total. The summed E-state index contributed by atoms with van der Waals surface area (Å²) in [4.78, 5) is 10.7. The van der Waals surface area contributed by atoms with Crippen molar-refractivity contribution < 1.29 is 4.79 Å². The Labute approximate surface area is 82.0 Å². The van der Waals surface area contributed by atoms with Crippen LogP contribution in [-0.4, -0.2) is 16.1 Å². The molecule has 0 saturated heterocycles. The zero-order valence-electron chi connectivity index (χ0n) is 7.84. The van der Waals surface area contributed by atoms with E-state index >= 15 is 0 Å². The summed E-state index contributed by atoms with van der Waals surface area (Å²) in [5.41, 5.74) is 2.63. The van der Waals surface area contributed by atoms with Gasteiger partial charge in [0, 0.05) is 0 Å². The van der Waals surface area contributed by atoms with Crippen LogP contribution in [-0.2, 0) is 0 Å². The van der Waals surface area contributed by atoms with Gasteiger partial charge in [-0.1, -0.05) is 12.1 Å². The fraction of sp³-hybridized carbons (Fsp3) is 0.0909. The summed E-state index contributed by atoms with van der Waals surface area (Å²) < 4.78 is 1.62. The van der Waals surface area contributed by atoms with E-state index in [1.807, 2.05) is 31.2 Å². The quantitative estimate of drug-likeness (QED) is 0.672. The second-order valence-corrected chi connectivity index (χ2v) is 3.12. The minimum absolute atomic E-state index is 0.565. The molecule has 3 heteroatoms. The van der Waals surface area contributed by atoms with E-state index in [1.54, 1.807) is 16.9 Å². The lowest BCUT2D eigenvalue weighted by Gasteiger charge is -2.03. The number of nitrogens with zero attached hydrogens (tertiary/aromatic N) is 2. The van der Waals surface area contributed by atoms with Gasteiger partial charge >= 0.3 is 0 Å². The molecule has 0 fully saturated rings. The van der Waals surface area contributed by atoms with Gasteiger partial charge in [-0.2, -0.15) is 5.10 Å². The Balaban J connectivity index is 2.54. The molecule has 0 aliphatic heterocycles. The standard InChI is InChI=1S/C11H10N2O/c1-9-3-2-4-10(7-9)13-11(8-14)5-6-12-13/h2-8H,1H3. The van der Waals surface area contributed by atoms with Crippen LogP contribution in [0.25, 0.3) is 5.69 Å².